The lowest BCUT2D eigenvalue weighted by molar-refractivity contribution is -0.139. The Morgan fingerprint density at radius 1 is 1.32 bits per heavy atom. The molecule has 1 aromatic heterocycles. The van der Waals surface area contributed by atoms with Crippen LogP contribution in [0.4, 0.5) is 0 Å². The molecule has 0 bridgehead atoms. The van der Waals surface area contributed by atoms with Crippen LogP contribution in [-0.4, -0.2) is 52.5 Å². The predicted molar refractivity (Wildman–Crippen MR) is 96.7 cm³/mol. The van der Waals surface area contributed by atoms with E-state index in [1.54, 1.807) is 23.2 Å². The number of aliphatic hydroxyl groups is 1. The molecule has 1 N–H and O–H groups in total. The quantitative estimate of drug-likeness (QED) is 0.876. The number of carbonyl (C=O) groups is 1. The molecule has 0 radical (unpaired) electrons. The van der Waals surface area contributed by atoms with E-state index in [1.165, 1.54) is 5.56 Å². The first-order valence-electron chi connectivity index (χ1n) is 8.72. The molecule has 2 aromatic rings. The van der Waals surface area contributed by atoms with Crippen LogP contribution in [0.5, 0.6) is 0 Å². The molecule has 25 heavy (non-hydrogen) atoms. The lowest BCUT2D eigenvalue weighted by Crippen LogP contribution is -2.34. The smallest absolute Gasteiger partial charge is 0.256 e. The van der Waals surface area contributed by atoms with Crippen molar-refractivity contribution in [2.75, 3.05) is 26.7 Å². The molecule has 0 unspecified atom stereocenters. The highest BCUT2D eigenvalue weighted by Gasteiger charge is 2.31. The number of rotatable bonds is 6. The van der Waals surface area contributed by atoms with E-state index in [9.17, 15) is 9.90 Å². The van der Waals surface area contributed by atoms with Crippen molar-refractivity contribution >= 4 is 5.91 Å². The number of hydrogen-bond acceptors (Lipinski definition) is 4. The number of likely N-dealkylation sites (tertiary alicyclic amines) is 1. The molecule has 0 spiro atoms. The molecule has 5 heteroatoms. The standard InChI is InChI=1S/C20H25N3O2/c1-22(13-16-6-5-10-21-12-16)14-17-9-11-23(15-17)20(25)19(24)18-7-3-2-4-8-18/h2-8,10,12,17,19,24H,9,11,13-15H2,1H3/t17-,19-/m1/s1. The summed E-state index contributed by atoms with van der Waals surface area (Å²) in [6.45, 7) is 3.21. The Labute approximate surface area is 148 Å². The van der Waals surface area contributed by atoms with Crippen molar-refractivity contribution < 1.29 is 9.90 Å². The summed E-state index contributed by atoms with van der Waals surface area (Å²) in [4.78, 5) is 20.7. The highest BCUT2D eigenvalue weighted by atomic mass is 16.3. The second kappa shape index (κ2) is 8.23. The molecule has 2 heterocycles. The lowest BCUT2D eigenvalue weighted by Gasteiger charge is -2.23. The van der Waals surface area contributed by atoms with Gasteiger partial charge in [0.25, 0.3) is 5.91 Å². The van der Waals surface area contributed by atoms with Crippen molar-refractivity contribution in [3.8, 4) is 0 Å². The van der Waals surface area contributed by atoms with E-state index >= 15 is 0 Å². The van der Waals surface area contributed by atoms with Crippen LogP contribution in [0.15, 0.2) is 54.9 Å². The fourth-order valence-corrected chi connectivity index (χ4v) is 3.44. The van der Waals surface area contributed by atoms with E-state index < -0.39 is 6.10 Å². The molecule has 132 valence electrons. The van der Waals surface area contributed by atoms with Gasteiger partial charge in [-0.15, -0.1) is 0 Å². The Morgan fingerprint density at radius 3 is 2.84 bits per heavy atom. The Hall–Kier alpha value is -2.24. The number of amides is 1. The maximum Gasteiger partial charge on any atom is 0.256 e. The van der Waals surface area contributed by atoms with E-state index in [4.69, 9.17) is 0 Å². The van der Waals surface area contributed by atoms with Crippen molar-refractivity contribution in [3.05, 3.63) is 66.0 Å². The molecular weight excluding hydrogens is 314 g/mol. The van der Waals surface area contributed by atoms with Gasteiger partial charge in [-0.05, 0) is 36.6 Å². The van der Waals surface area contributed by atoms with Gasteiger partial charge in [0.2, 0.25) is 0 Å². The van der Waals surface area contributed by atoms with E-state index in [0.29, 0.717) is 24.6 Å². The molecule has 1 aliphatic heterocycles. The van der Waals surface area contributed by atoms with Crippen molar-refractivity contribution in [2.24, 2.45) is 5.92 Å². The zero-order chi connectivity index (χ0) is 17.6. The second-order valence-corrected chi connectivity index (χ2v) is 6.81. The third-order valence-electron chi connectivity index (χ3n) is 4.69. The normalized spacial score (nSPS) is 18.5. The van der Waals surface area contributed by atoms with E-state index in [0.717, 1.165) is 19.5 Å². The van der Waals surface area contributed by atoms with Crippen LogP contribution in [0.2, 0.25) is 0 Å². The van der Waals surface area contributed by atoms with E-state index in [-0.39, 0.29) is 5.91 Å². The highest BCUT2D eigenvalue weighted by molar-refractivity contribution is 5.82. The van der Waals surface area contributed by atoms with E-state index in [1.807, 2.05) is 30.5 Å². The van der Waals surface area contributed by atoms with Gasteiger partial charge in [0.1, 0.15) is 0 Å². The van der Waals surface area contributed by atoms with Gasteiger partial charge in [-0.25, -0.2) is 0 Å². The third kappa shape index (κ3) is 4.65. The number of carbonyl (C=O) groups excluding carboxylic acids is 1. The molecule has 0 aliphatic carbocycles. The summed E-state index contributed by atoms with van der Waals surface area (Å²) in [5.41, 5.74) is 1.85. The van der Waals surface area contributed by atoms with Crippen molar-refractivity contribution in [1.82, 2.24) is 14.8 Å². The van der Waals surface area contributed by atoms with Gasteiger partial charge in [0.05, 0.1) is 0 Å². The van der Waals surface area contributed by atoms with Crippen LogP contribution in [-0.2, 0) is 11.3 Å². The average molecular weight is 339 g/mol. The Morgan fingerprint density at radius 2 is 2.12 bits per heavy atom. The van der Waals surface area contributed by atoms with Gasteiger partial charge in [0.15, 0.2) is 6.10 Å². The van der Waals surface area contributed by atoms with Gasteiger partial charge in [-0.2, -0.15) is 0 Å². The van der Waals surface area contributed by atoms with Crippen LogP contribution in [0.1, 0.15) is 23.7 Å². The summed E-state index contributed by atoms with van der Waals surface area (Å²) in [6, 6.07) is 13.2. The first kappa shape index (κ1) is 17.6. The number of aromatic nitrogens is 1. The van der Waals surface area contributed by atoms with Crippen molar-refractivity contribution in [1.29, 1.82) is 0 Å². The number of hydrogen-bond donors (Lipinski definition) is 1. The zero-order valence-electron chi connectivity index (χ0n) is 14.6. The average Bonchev–Trinajstić information content (AvgIpc) is 3.10. The van der Waals surface area contributed by atoms with Gasteiger partial charge >= 0.3 is 0 Å². The third-order valence-corrected chi connectivity index (χ3v) is 4.69. The van der Waals surface area contributed by atoms with Crippen molar-refractivity contribution in [3.63, 3.8) is 0 Å². The topological polar surface area (TPSA) is 56.7 Å². The number of aliphatic hydroxyl groups excluding tert-OH is 1. The van der Waals surface area contributed by atoms with Gasteiger partial charge in [-0.3, -0.25) is 9.78 Å². The molecule has 1 fully saturated rings. The molecule has 1 saturated heterocycles. The zero-order valence-corrected chi connectivity index (χ0v) is 14.6. The van der Waals surface area contributed by atoms with Gasteiger partial charge < -0.3 is 14.9 Å². The first-order chi connectivity index (χ1) is 12.1. The van der Waals surface area contributed by atoms with Crippen LogP contribution in [0.25, 0.3) is 0 Å². The molecule has 5 nitrogen and oxygen atoms in total. The molecule has 3 rings (SSSR count). The number of pyridine rings is 1. The monoisotopic (exact) mass is 339 g/mol. The summed E-state index contributed by atoms with van der Waals surface area (Å²) < 4.78 is 0. The summed E-state index contributed by atoms with van der Waals surface area (Å²) in [6.07, 6.45) is 3.58. The largest absolute Gasteiger partial charge is 0.378 e. The van der Waals surface area contributed by atoms with E-state index in [2.05, 4.69) is 23.0 Å². The minimum absolute atomic E-state index is 0.191. The minimum Gasteiger partial charge on any atom is -0.378 e. The molecular formula is C20H25N3O2. The summed E-state index contributed by atoms with van der Waals surface area (Å²) >= 11 is 0. The SMILES string of the molecule is CN(Cc1cccnc1)C[C@H]1CCN(C(=O)[C@H](O)c2ccccc2)C1. The van der Waals surface area contributed by atoms with Crippen LogP contribution < -0.4 is 0 Å². The summed E-state index contributed by atoms with van der Waals surface area (Å²) in [5.74, 6) is 0.247. The van der Waals surface area contributed by atoms with Gasteiger partial charge in [0, 0.05) is 38.6 Å². The van der Waals surface area contributed by atoms with Crippen molar-refractivity contribution in [2.45, 2.75) is 19.1 Å². The van der Waals surface area contributed by atoms with Crippen LogP contribution in [0.3, 0.4) is 0 Å². The second-order valence-electron chi connectivity index (χ2n) is 6.81. The fraction of sp³-hybridized carbons (Fsp3) is 0.400. The summed E-state index contributed by atoms with van der Waals surface area (Å²) in [5, 5.41) is 10.3. The molecule has 0 saturated carbocycles. The van der Waals surface area contributed by atoms with Crippen LogP contribution in [0, 0.1) is 5.92 Å². The van der Waals surface area contributed by atoms with Crippen LogP contribution >= 0.6 is 0 Å². The highest BCUT2D eigenvalue weighted by Crippen LogP contribution is 2.22. The predicted octanol–water partition coefficient (Wildman–Crippen LogP) is 2.10. The molecule has 1 aromatic carbocycles. The number of nitrogens with zero attached hydrogens (tertiary/aromatic N) is 3. The molecule has 1 aliphatic rings. The Balaban J connectivity index is 1.50. The number of benzene rings is 1. The maximum absolute atomic E-state index is 12.5. The Bertz CT molecular complexity index is 678. The van der Waals surface area contributed by atoms with Gasteiger partial charge in [-0.1, -0.05) is 36.4 Å². The molecule has 2 atom stereocenters. The molecule has 1 amide bonds. The Kier molecular flexibility index (Phi) is 5.79. The fourth-order valence-electron chi connectivity index (χ4n) is 3.44. The maximum atomic E-state index is 12.5. The lowest BCUT2D eigenvalue weighted by atomic mass is 10.1. The summed E-state index contributed by atoms with van der Waals surface area (Å²) in [7, 11) is 2.09. The minimum atomic E-state index is -1.06. The first-order valence-corrected chi connectivity index (χ1v) is 8.72.